The Kier molecular flexibility index (Phi) is 4.79. The number of rotatable bonds is 4. The van der Waals surface area contributed by atoms with Crippen molar-refractivity contribution in [3.63, 3.8) is 0 Å². The summed E-state index contributed by atoms with van der Waals surface area (Å²) in [6.07, 6.45) is -4.30. The fourth-order valence-corrected chi connectivity index (χ4v) is 2.62. The normalized spacial score (nSPS) is 11.5. The molecule has 0 saturated carbocycles. The van der Waals surface area contributed by atoms with Crippen LogP contribution >= 0.6 is 0 Å². The molecule has 0 atom stereocenters. The molecule has 3 rings (SSSR count). The molecule has 0 aliphatic heterocycles. The van der Waals surface area contributed by atoms with Crippen LogP contribution in [0.1, 0.15) is 17.5 Å². The molecule has 0 bridgehead atoms. The number of nitrogens with one attached hydrogen (secondary N) is 2. The van der Waals surface area contributed by atoms with Crippen molar-refractivity contribution in [2.45, 2.75) is 19.0 Å². The molecule has 1 heterocycles. The lowest BCUT2D eigenvalue weighted by Gasteiger charge is -2.10. The van der Waals surface area contributed by atoms with Crippen LogP contribution in [0.3, 0.4) is 0 Å². The summed E-state index contributed by atoms with van der Waals surface area (Å²) in [5.74, 6) is -0.461. The zero-order chi connectivity index (χ0) is 18.7. The van der Waals surface area contributed by atoms with Crippen LogP contribution in [0.2, 0.25) is 0 Å². The Labute approximate surface area is 146 Å². The summed E-state index contributed by atoms with van der Waals surface area (Å²) in [7, 11) is 0. The van der Waals surface area contributed by atoms with Gasteiger partial charge >= 0.3 is 6.18 Å². The number of aromatic nitrogens is 1. The molecule has 26 heavy (non-hydrogen) atoms. The highest BCUT2D eigenvalue weighted by Gasteiger charge is 2.30. The minimum absolute atomic E-state index is 0.0162. The summed E-state index contributed by atoms with van der Waals surface area (Å²) in [4.78, 5) is 26.8. The topological polar surface area (TPSA) is 62.0 Å². The number of amides is 1. The third-order valence-electron chi connectivity index (χ3n) is 3.93. The van der Waals surface area contributed by atoms with E-state index < -0.39 is 17.6 Å². The van der Waals surface area contributed by atoms with Crippen molar-refractivity contribution in [3.8, 4) is 0 Å². The van der Waals surface area contributed by atoms with Gasteiger partial charge in [-0.05, 0) is 42.1 Å². The van der Waals surface area contributed by atoms with E-state index in [1.807, 2.05) is 12.1 Å². The Morgan fingerprint density at radius 1 is 1.04 bits per heavy atom. The van der Waals surface area contributed by atoms with Gasteiger partial charge in [-0.15, -0.1) is 0 Å². The van der Waals surface area contributed by atoms with Gasteiger partial charge in [0, 0.05) is 23.2 Å². The van der Waals surface area contributed by atoms with Gasteiger partial charge < -0.3 is 10.3 Å². The Hall–Kier alpha value is -3.09. The van der Waals surface area contributed by atoms with Crippen LogP contribution in [0, 0.1) is 0 Å². The second kappa shape index (κ2) is 7.03. The number of carbonyl (C=O) groups excluding carboxylic acids is 1. The molecule has 0 aliphatic rings. The Bertz CT molecular complexity index is 1010. The lowest BCUT2D eigenvalue weighted by molar-refractivity contribution is -0.137. The van der Waals surface area contributed by atoms with Gasteiger partial charge in [-0.2, -0.15) is 13.2 Å². The lowest BCUT2D eigenvalue weighted by atomic mass is 10.1. The lowest BCUT2D eigenvalue weighted by Crippen LogP contribution is -2.17. The number of carbonyl (C=O) groups is 1. The van der Waals surface area contributed by atoms with Crippen LogP contribution in [0.4, 0.5) is 18.9 Å². The second-order valence-corrected chi connectivity index (χ2v) is 5.84. The highest BCUT2D eigenvalue weighted by atomic mass is 19.4. The zero-order valence-electron chi connectivity index (χ0n) is 13.6. The van der Waals surface area contributed by atoms with Crippen LogP contribution in [0.15, 0.2) is 59.4 Å². The minimum Gasteiger partial charge on any atom is -0.326 e. The third-order valence-corrected chi connectivity index (χ3v) is 3.93. The van der Waals surface area contributed by atoms with Crippen molar-refractivity contribution in [2.24, 2.45) is 0 Å². The Balaban J connectivity index is 1.68. The summed E-state index contributed by atoms with van der Waals surface area (Å²) in [6, 6.07) is 13.4. The van der Waals surface area contributed by atoms with Gasteiger partial charge in [-0.25, -0.2) is 0 Å². The summed E-state index contributed by atoms with van der Waals surface area (Å²) < 4.78 is 38.1. The molecule has 2 N–H and O–H groups in total. The number of fused-ring (bicyclic) bond motifs is 1. The number of benzene rings is 2. The molecule has 0 saturated heterocycles. The fourth-order valence-electron chi connectivity index (χ4n) is 2.62. The van der Waals surface area contributed by atoms with Crippen LogP contribution in [-0.2, 0) is 17.4 Å². The van der Waals surface area contributed by atoms with E-state index in [9.17, 15) is 22.8 Å². The molecule has 0 fully saturated rings. The number of alkyl halides is 3. The highest BCUT2D eigenvalue weighted by molar-refractivity contribution is 5.91. The molecule has 1 amide bonds. The van der Waals surface area contributed by atoms with E-state index >= 15 is 0 Å². The van der Waals surface area contributed by atoms with Crippen molar-refractivity contribution in [3.05, 3.63) is 76.1 Å². The first-order valence-electron chi connectivity index (χ1n) is 7.91. The number of H-pyrrole nitrogens is 1. The molecular formula is C19H15F3N2O2. The molecule has 0 spiro atoms. The maximum atomic E-state index is 12.7. The molecular weight excluding hydrogens is 345 g/mol. The molecule has 2 aromatic carbocycles. The quantitative estimate of drug-likeness (QED) is 0.735. The van der Waals surface area contributed by atoms with E-state index in [2.05, 4.69) is 10.3 Å². The SMILES string of the molecule is O=C(CCc1cc2ccccc2[nH]c1=O)Nc1cccc(C(F)(F)F)c1. The van der Waals surface area contributed by atoms with Crippen LogP contribution < -0.4 is 10.9 Å². The second-order valence-electron chi connectivity index (χ2n) is 5.84. The fraction of sp³-hybridized carbons (Fsp3) is 0.158. The standard InChI is InChI=1S/C19H15F3N2O2/c20-19(21,22)14-5-3-6-15(11-14)23-17(25)9-8-13-10-12-4-1-2-7-16(12)24-18(13)26/h1-7,10-11H,8-9H2,(H,23,25)(H,24,26). The number of hydrogen-bond acceptors (Lipinski definition) is 2. The van der Waals surface area contributed by atoms with Crippen molar-refractivity contribution in [2.75, 3.05) is 5.32 Å². The van der Waals surface area contributed by atoms with E-state index in [0.717, 1.165) is 17.5 Å². The average Bonchev–Trinajstić information content (AvgIpc) is 2.59. The summed E-state index contributed by atoms with van der Waals surface area (Å²) >= 11 is 0. The first kappa shape index (κ1) is 17.7. The van der Waals surface area contributed by atoms with Crippen molar-refractivity contribution in [1.82, 2.24) is 4.98 Å². The van der Waals surface area contributed by atoms with E-state index in [0.29, 0.717) is 11.1 Å². The van der Waals surface area contributed by atoms with Crippen LogP contribution in [0.25, 0.3) is 10.9 Å². The van der Waals surface area contributed by atoms with Crippen LogP contribution in [-0.4, -0.2) is 10.9 Å². The number of para-hydroxylation sites is 1. The van der Waals surface area contributed by atoms with E-state index in [4.69, 9.17) is 0 Å². The molecule has 0 aliphatic carbocycles. The number of hydrogen-bond donors (Lipinski definition) is 2. The monoisotopic (exact) mass is 360 g/mol. The van der Waals surface area contributed by atoms with E-state index in [-0.39, 0.29) is 24.1 Å². The molecule has 4 nitrogen and oxygen atoms in total. The maximum absolute atomic E-state index is 12.7. The average molecular weight is 360 g/mol. The summed E-state index contributed by atoms with van der Waals surface area (Å²) in [6.45, 7) is 0. The van der Waals surface area contributed by atoms with Gasteiger partial charge in [0.05, 0.1) is 5.56 Å². The molecule has 3 aromatic rings. The first-order valence-corrected chi connectivity index (χ1v) is 7.91. The number of anilines is 1. The first-order chi connectivity index (χ1) is 12.3. The van der Waals surface area contributed by atoms with Gasteiger partial charge in [0.15, 0.2) is 0 Å². The predicted octanol–water partition coefficient (Wildman–Crippen LogP) is 4.12. The largest absolute Gasteiger partial charge is 0.416 e. The molecule has 0 unspecified atom stereocenters. The third kappa shape index (κ3) is 4.11. The van der Waals surface area contributed by atoms with Gasteiger partial charge in [0.2, 0.25) is 5.91 Å². The van der Waals surface area contributed by atoms with Gasteiger partial charge in [0.25, 0.3) is 5.56 Å². The number of pyridine rings is 1. The van der Waals surface area contributed by atoms with Crippen molar-refractivity contribution < 1.29 is 18.0 Å². The van der Waals surface area contributed by atoms with Crippen molar-refractivity contribution >= 4 is 22.5 Å². The van der Waals surface area contributed by atoms with Gasteiger partial charge in [-0.1, -0.05) is 24.3 Å². The van der Waals surface area contributed by atoms with Crippen molar-refractivity contribution in [1.29, 1.82) is 0 Å². The maximum Gasteiger partial charge on any atom is 0.416 e. The highest BCUT2D eigenvalue weighted by Crippen LogP contribution is 2.30. The van der Waals surface area contributed by atoms with E-state index in [1.165, 1.54) is 12.1 Å². The number of aryl methyl sites for hydroxylation is 1. The zero-order valence-corrected chi connectivity index (χ0v) is 13.6. The smallest absolute Gasteiger partial charge is 0.326 e. The molecule has 1 aromatic heterocycles. The minimum atomic E-state index is -4.47. The number of aromatic amines is 1. The van der Waals surface area contributed by atoms with Gasteiger partial charge in [-0.3, -0.25) is 9.59 Å². The molecule has 7 heteroatoms. The predicted molar refractivity (Wildman–Crippen MR) is 93.0 cm³/mol. The Morgan fingerprint density at radius 3 is 2.58 bits per heavy atom. The molecule has 134 valence electrons. The molecule has 0 radical (unpaired) electrons. The van der Waals surface area contributed by atoms with E-state index in [1.54, 1.807) is 18.2 Å². The summed E-state index contributed by atoms with van der Waals surface area (Å²) in [5, 5.41) is 3.28. The summed E-state index contributed by atoms with van der Waals surface area (Å²) in [5.41, 5.74) is 0.103. The Morgan fingerprint density at radius 2 is 1.81 bits per heavy atom. The van der Waals surface area contributed by atoms with Crippen LogP contribution in [0.5, 0.6) is 0 Å². The number of halogens is 3. The van der Waals surface area contributed by atoms with Gasteiger partial charge in [0.1, 0.15) is 0 Å².